The van der Waals surface area contributed by atoms with Crippen LogP contribution in [0.1, 0.15) is 28.2 Å². The summed E-state index contributed by atoms with van der Waals surface area (Å²) in [5.74, 6) is 0.667. The van der Waals surface area contributed by atoms with E-state index in [9.17, 15) is 10.1 Å². The quantitative estimate of drug-likeness (QED) is 0.321. The van der Waals surface area contributed by atoms with E-state index < -0.39 is 0 Å². The Kier molecular flexibility index (Phi) is 6.68. The van der Waals surface area contributed by atoms with E-state index >= 15 is 0 Å². The lowest BCUT2D eigenvalue weighted by Gasteiger charge is -2.31. The molecule has 0 spiro atoms. The predicted molar refractivity (Wildman–Crippen MR) is 141 cm³/mol. The Bertz CT molecular complexity index is 1350. The Hall–Kier alpha value is -4.56. The van der Waals surface area contributed by atoms with Crippen LogP contribution in [0.5, 0.6) is 5.75 Å². The fourth-order valence-electron chi connectivity index (χ4n) is 4.98. The second kappa shape index (κ2) is 10.4. The molecule has 0 bridgehead atoms. The van der Waals surface area contributed by atoms with Crippen LogP contribution in [-0.2, 0) is 6.54 Å². The number of nitrogens with zero attached hydrogens (tertiary/aromatic N) is 3. The molecule has 0 N–H and O–H groups in total. The first kappa shape index (κ1) is 23.2. The van der Waals surface area contributed by atoms with Gasteiger partial charge in [0.15, 0.2) is 0 Å². The molecular weight excluding hydrogens is 446 g/mol. The number of rotatable bonds is 7. The second-order valence-corrected chi connectivity index (χ2v) is 8.91. The third-order valence-electron chi connectivity index (χ3n) is 6.72. The van der Waals surface area contributed by atoms with Gasteiger partial charge in [0.05, 0.1) is 24.8 Å². The maximum atomic E-state index is 13.9. The van der Waals surface area contributed by atoms with Crippen molar-refractivity contribution in [3.8, 4) is 11.8 Å². The molecule has 0 aliphatic carbocycles. The summed E-state index contributed by atoms with van der Waals surface area (Å²) in [5, 5.41) is 9.32. The standard InChI is InChI=1S/C31H27N3O2/c1-36-28-18-16-27(17-19-28)34-29(22-33(31(34)35)21-24-8-4-2-5-9-24)30(25-10-6-3-7-11-25)26-14-12-23(20-32)13-15-26/h2-19,29-30H,21-22H2,1H3/t29-,30+/m1/s1. The van der Waals surface area contributed by atoms with Gasteiger partial charge in [-0.2, -0.15) is 5.26 Å². The van der Waals surface area contributed by atoms with E-state index in [1.165, 1.54) is 0 Å². The van der Waals surface area contributed by atoms with Gasteiger partial charge in [-0.3, -0.25) is 4.90 Å². The van der Waals surface area contributed by atoms with Crippen LogP contribution in [0.2, 0.25) is 0 Å². The van der Waals surface area contributed by atoms with Crippen molar-refractivity contribution in [2.45, 2.75) is 18.5 Å². The number of carbonyl (C=O) groups excluding carboxylic acids is 1. The molecule has 2 atom stereocenters. The van der Waals surface area contributed by atoms with Crippen molar-refractivity contribution in [2.24, 2.45) is 0 Å². The van der Waals surface area contributed by atoms with Crippen molar-refractivity contribution in [1.82, 2.24) is 4.90 Å². The molecule has 0 saturated carbocycles. The zero-order valence-corrected chi connectivity index (χ0v) is 20.1. The zero-order valence-electron chi connectivity index (χ0n) is 20.1. The minimum absolute atomic E-state index is 0.0244. The predicted octanol–water partition coefficient (Wildman–Crippen LogP) is 6.21. The molecule has 178 valence electrons. The van der Waals surface area contributed by atoms with Crippen LogP contribution in [0, 0.1) is 11.3 Å². The third-order valence-corrected chi connectivity index (χ3v) is 6.72. The molecule has 5 nitrogen and oxygen atoms in total. The maximum Gasteiger partial charge on any atom is 0.325 e. The first-order valence-electron chi connectivity index (χ1n) is 12.0. The summed E-state index contributed by atoms with van der Waals surface area (Å²) >= 11 is 0. The van der Waals surface area contributed by atoms with Crippen LogP contribution < -0.4 is 9.64 Å². The number of urea groups is 1. The van der Waals surface area contributed by atoms with Crippen LogP contribution in [0.3, 0.4) is 0 Å². The molecule has 0 unspecified atom stereocenters. The average molecular weight is 474 g/mol. The number of amides is 2. The molecule has 1 heterocycles. The molecule has 5 rings (SSSR count). The number of nitriles is 1. The largest absolute Gasteiger partial charge is 0.497 e. The van der Waals surface area contributed by atoms with Crippen LogP contribution in [0.4, 0.5) is 10.5 Å². The highest BCUT2D eigenvalue weighted by Gasteiger charge is 2.43. The van der Waals surface area contributed by atoms with E-state index in [4.69, 9.17) is 4.74 Å². The smallest absolute Gasteiger partial charge is 0.325 e. The number of benzene rings is 4. The van der Waals surface area contributed by atoms with Gasteiger partial charge in [-0.25, -0.2) is 4.79 Å². The highest BCUT2D eigenvalue weighted by molar-refractivity contribution is 5.95. The van der Waals surface area contributed by atoms with E-state index in [-0.39, 0.29) is 18.0 Å². The molecule has 0 aromatic heterocycles. The number of methoxy groups -OCH3 is 1. The van der Waals surface area contributed by atoms with Gasteiger partial charge in [0.1, 0.15) is 5.75 Å². The topological polar surface area (TPSA) is 56.6 Å². The van der Waals surface area contributed by atoms with E-state index in [1.54, 1.807) is 7.11 Å². The average Bonchev–Trinajstić information content (AvgIpc) is 3.25. The Balaban J connectivity index is 1.59. The normalized spacial score (nSPS) is 16.0. The minimum atomic E-state index is -0.148. The molecule has 0 radical (unpaired) electrons. The van der Waals surface area contributed by atoms with E-state index in [2.05, 4.69) is 18.2 Å². The van der Waals surface area contributed by atoms with Crippen LogP contribution in [-0.4, -0.2) is 30.6 Å². The van der Waals surface area contributed by atoms with Crippen LogP contribution in [0.15, 0.2) is 109 Å². The number of hydrogen-bond acceptors (Lipinski definition) is 3. The van der Waals surface area contributed by atoms with Gasteiger partial charge in [0.25, 0.3) is 0 Å². The van der Waals surface area contributed by atoms with Crippen molar-refractivity contribution >= 4 is 11.7 Å². The third kappa shape index (κ3) is 4.67. The van der Waals surface area contributed by atoms with Crippen molar-refractivity contribution in [3.63, 3.8) is 0 Å². The molecule has 1 saturated heterocycles. The summed E-state index contributed by atoms with van der Waals surface area (Å²) in [6.07, 6.45) is 0. The summed E-state index contributed by atoms with van der Waals surface area (Å²) in [6, 6.07) is 37.8. The molecular formula is C31H27N3O2. The Morgan fingerprint density at radius 1 is 0.861 bits per heavy atom. The first-order chi connectivity index (χ1) is 17.7. The lowest BCUT2D eigenvalue weighted by molar-refractivity contribution is 0.218. The number of hydrogen-bond donors (Lipinski definition) is 0. The molecule has 36 heavy (non-hydrogen) atoms. The minimum Gasteiger partial charge on any atom is -0.497 e. The van der Waals surface area contributed by atoms with Crippen LogP contribution >= 0.6 is 0 Å². The van der Waals surface area contributed by atoms with Gasteiger partial charge in [-0.15, -0.1) is 0 Å². The van der Waals surface area contributed by atoms with Crippen molar-refractivity contribution in [3.05, 3.63) is 131 Å². The van der Waals surface area contributed by atoms with Gasteiger partial charge in [-0.1, -0.05) is 72.8 Å². The maximum absolute atomic E-state index is 13.9. The lowest BCUT2D eigenvalue weighted by Crippen LogP contribution is -2.39. The summed E-state index contributed by atoms with van der Waals surface area (Å²) in [6.45, 7) is 1.11. The monoisotopic (exact) mass is 473 g/mol. The highest BCUT2D eigenvalue weighted by Crippen LogP contribution is 2.38. The summed E-state index contributed by atoms with van der Waals surface area (Å²) in [4.78, 5) is 17.8. The van der Waals surface area contributed by atoms with Crippen molar-refractivity contribution in [2.75, 3.05) is 18.6 Å². The number of anilines is 1. The highest BCUT2D eigenvalue weighted by atomic mass is 16.5. The Morgan fingerprint density at radius 3 is 2.08 bits per heavy atom. The Morgan fingerprint density at radius 2 is 1.47 bits per heavy atom. The number of carbonyl (C=O) groups is 1. The molecule has 2 amide bonds. The van der Waals surface area contributed by atoms with Gasteiger partial charge < -0.3 is 9.64 Å². The van der Waals surface area contributed by atoms with Crippen molar-refractivity contribution in [1.29, 1.82) is 5.26 Å². The van der Waals surface area contributed by atoms with Crippen LogP contribution in [0.25, 0.3) is 0 Å². The molecule has 1 aliphatic rings. The van der Waals surface area contributed by atoms with E-state index in [1.807, 2.05) is 107 Å². The van der Waals surface area contributed by atoms with E-state index in [0.29, 0.717) is 18.7 Å². The van der Waals surface area contributed by atoms with Gasteiger partial charge >= 0.3 is 6.03 Å². The molecule has 1 fully saturated rings. The first-order valence-corrected chi connectivity index (χ1v) is 12.0. The molecule has 5 heteroatoms. The molecule has 1 aliphatic heterocycles. The fraction of sp³-hybridized carbons (Fsp3) is 0.161. The second-order valence-electron chi connectivity index (χ2n) is 8.91. The zero-order chi connectivity index (χ0) is 24.9. The van der Waals surface area contributed by atoms with Gasteiger partial charge in [0.2, 0.25) is 0 Å². The van der Waals surface area contributed by atoms with Gasteiger partial charge in [-0.05, 0) is 53.1 Å². The fourth-order valence-corrected chi connectivity index (χ4v) is 4.98. The molecule has 4 aromatic carbocycles. The Labute approximate surface area is 211 Å². The van der Waals surface area contributed by atoms with E-state index in [0.717, 1.165) is 28.1 Å². The summed E-state index contributed by atoms with van der Waals surface area (Å²) < 4.78 is 5.35. The SMILES string of the molecule is COc1ccc(N2C(=O)N(Cc3ccccc3)C[C@@H]2[C@@H](c2ccccc2)c2ccc(C#N)cc2)cc1. The van der Waals surface area contributed by atoms with Gasteiger partial charge in [0, 0.05) is 24.7 Å². The molecule has 4 aromatic rings. The summed E-state index contributed by atoms with van der Waals surface area (Å²) in [7, 11) is 1.64. The number of ether oxygens (including phenoxy) is 1. The van der Waals surface area contributed by atoms with Crippen molar-refractivity contribution < 1.29 is 9.53 Å². The summed E-state index contributed by atoms with van der Waals surface area (Å²) in [5.41, 5.74) is 4.73. The lowest BCUT2D eigenvalue weighted by atomic mass is 9.84.